The quantitative estimate of drug-likeness (QED) is 0.885. The molecule has 0 radical (unpaired) electrons. The van der Waals surface area contributed by atoms with Gasteiger partial charge in [0, 0.05) is 50.1 Å². The van der Waals surface area contributed by atoms with Gasteiger partial charge in [-0.3, -0.25) is 9.59 Å². The standard InChI is InChI=1S/C21H27N5O2/c27-20(14-5-6-14)25-11-7-15(8-12-25)21(28)26-10-2-3-16(13-26)18-23-17-4-1-9-22-19(17)24-18/h1,4,9,14-16H,2-3,5-8,10-13H2,(H,22,23,24). The summed E-state index contributed by atoms with van der Waals surface area (Å²) in [6.07, 6.45) is 7.48. The van der Waals surface area contributed by atoms with Crippen molar-refractivity contribution >= 4 is 23.0 Å². The van der Waals surface area contributed by atoms with Gasteiger partial charge in [0.2, 0.25) is 11.8 Å². The van der Waals surface area contributed by atoms with Gasteiger partial charge in [0.25, 0.3) is 0 Å². The lowest BCUT2D eigenvalue weighted by molar-refractivity contribution is -0.142. The predicted octanol–water partition coefficient (Wildman–Crippen LogP) is 2.31. The molecule has 5 rings (SSSR count). The van der Waals surface area contributed by atoms with Crippen molar-refractivity contribution in [2.75, 3.05) is 26.2 Å². The SMILES string of the molecule is O=C(C1CC1)N1CCC(C(=O)N2CCCC(c3nc4ncccc4[nH]3)C2)CC1. The number of aromatic nitrogens is 3. The lowest BCUT2D eigenvalue weighted by Crippen LogP contribution is -2.47. The van der Waals surface area contributed by atoms with Gasteiger partial charge >= 0.3 is 0 Å². The number of nitrogens with one attached hydrogen (secondary N) is 1. The lowest BCUT2D eigenvalue weighted by Gasteiger charge is -2.37. The van der Waals surface area contributed by atoms with E-state index >= 15 is 0 Å². The summed E-state index contributed by atoms with van der Waals surface area (Å²) in [6.45, 7) is 3.02. The minimum Gasteiger partial charge on any atom is -0.342 e. The van der Waals surface area contributed by atoms with Crippen molar-refractivity contribution in [3.05, 3.63) is 24.2 Å². The third-order valence-corrected chi connectivity index (χ3v) is 6.48. The third-order valence-electron chi connectivity index (χ3n) is 6.48. The van der Waals surface area contributed by atoms with Crippen LogP contribution in [0.5, 0.6) is 0 Å². The van der Waals surface area contributed by atoms with E-state index in [9.17, 15) is 9.59 Å². The number of carbonyl (C=O) groups is 2. The molecule has 1 atom stereocenters. The number of hydrogen-bond acceptors (Lipinski definition) is 4. The first kappa shape index (κ1) is 17.6. The van der Waals surface area contributed by atoms with Gasteiger partial charge in [-0.15, -0.1) is 0 Å². The number of hydrogen-bond donors (Lipinski definition) is 1. The normalized spacial score (nSPS) is 23.9. The number of likely N-dealkylation sites (tertiary alicyclic amines) is 2. The Morgan fingerprint density at radius 3 is 2.46 bits per heavy atom. The fraction of sp³-hybridized carbons (Fsp3) is 0.619. The minimum absolute atomic E-state index is 0.0549. The number of aromatic amines is 1. The zero-order valence-electron chi connectivity index (χ0n) is 16.1. The van der Waals surface area contributed by atoms with E-state index in [-0.39, 0.29) is 23.7 Å². The Kier molecular flexibility index (Phi) is 4.53. The first-order valence-electron chi connectivity index (χ1n) is 10.6. The number of nitrogens with zero attached hydrogens (tertiary/aromatic N) is 4. The van der Waals surface area contributed by atoms with E-state index in [1.807, 2.05) is 21.9 Å². The Balaban J connectivity index is 1.21. The summed E-state index contributed by atoms with van der Waals surface area (Å²) < 4.78 is 0. The van der Waals surface area contributed by atoms with Crippen molar-refractivity contribution in [2.24, 2.45) is 11.8 Å². The Labute approximate surface area is 164 Å². The molecule has 7 nitrogen and oxygen atoms in total. The van der Waals surface area contributed by atoms with Crippen molar-refractivity contribution in [1.82, 2.24) is 24.8 Å². The second kappa shape index (κ2) is 7.18. The summed E-state index contributed by atoms with van der Waals surface area (Å²) >= 11 is 0. The number of piperidine rings is 2. The summed E-state index contributed by atoms with van der Waals surface area (Å²) in [5.41, 5.74) is 1.70. The fourth-order valence-corrected chi connectivity index (χ4v) is 4.65. The van der Waals surface area contributed by atoms with Crippen LogP contribution in [0.1, 0.15) is 50.3 Å². The van der Waals surface area contributed by atoms with E-state index in [1.54, 1.807) is 6.20 Å². The molecule has 1 unspecified atom stereocenters. The largest absolute Gasteiger partial charge is 0.342 e. The highest BCUT2D eigenvalue weighted by molar-refractivity contribution is 5.82. The molecular weight excluding hydrogens is 354 g/mol. The molecule has 1 N–H and O–H groups in total. The fourth-order valence-electron chi connectivity index (χ4n) is 4.65. The molecule has 4 heterocycles. The van der Waals surface area contributed by atoms with E-state index in [4.69, 9.17) is 0 Å². The Bertz CT molecular complexity index is 849. The minimum atomic E-state index is 0.0549. The van der Waals surface area contributed by atoms with Gasteiger partial charge in [-0.25, -0.2) is 9.97 Å². The maximum absolute atomic E-state index is 13.1. The molecule has 0 spiro atoms. The van der Waals surface area contributed by atoms with Gasteiger partial charge in [-0.05, 0) is 50.7 Å². The number of carbonyl (C=O) groups excluding carboxylic acids is 2. The van der Waals surface area contributed by atoms with E-state index in [0.717, 1.165) is 81.7 Å². The van der Waals surface area contributed by atoms with Crippen LogP contribution in [-0.2, 0) is 9.59 Å². The number of fused-ring (bicyclic) bond motifs is 1. The zero-order chi connectivity index (χ0) is 19.1. The topological polar surface area (TPSA) is 82.2 Å². The maximum atomic E-state index is 13.1. The molecular formula is C21H27N5O2. The summed E-state index contributed by atoms with van der Waals surface area (Å²) in [5, 5.41) is 0. The maximum Gasteiger partial charge on any atom is 0.225 e. The molecule has 148 valence electrons. The predicted molar refractivity (Wildman–Crippen MR) is 104 cm³/mol. The molecule has 3 fully saturated rings. The lowest BCUT2D eigenvalue weighted by atomic mass is 9.92. The molecule has 1 aliphatic carbocycles. The Morgan fingerprint density at radius 2 is 1.71 bits per heavy atom. The van der Waals surface area contributed by atoms with Crippen molar-refractivity contribution < 1.29 is 9.59 Å². The van der Waals surface area contributed by atoms with Gasteiger partial charge < -0.3 is 14.8 Å². The van der Waals surface area contributed by atoms with Crippen LogP contribution in [0, 0.1) is 11.8 Å². The zero-order valence-corrected chi connectivity index (χ0v) is 16.1. The molecule has 2 amide bonds. The molecule has 2 aromatic rings. The number of imidazole rings is 1. The first-order chi connectivity index (χ1) is 13.7. The van der Waals surface area contributed by atoms with Crippen LogP contribution in [-0.4, -0.2) is 62.7 Å². The molecule has 3 aliphatic rings. The molecule has 0 aromatic carbocycles. The third kappa shape index (κ3) is 3.38. The number of rotatable bonds is 3. The first-order valence-corrected chi connectivity index (χ1v) is 10.6. The van der Waals surface area contributed by atoms with Crippen molar-refractivity contribution in [3.63, 3.8) is 0 Å². The van der Waals surface area contributed by atoms with Crippen LogP contribution >= 0.6 is 0 Å². The van der Waals surface area contributed by atoms with Crippen LogP contribution in [0.4, 0.5) is 0 Å². The monoisotopic (exact) mass is 381 g/mol. The molecule has 2 aliphatic heterocycles. The number of pyridine rings is 1. The molecule has 0 bridgehead atoms. The summed E-state index contributed by atoms with van der Waals surface area (Å²) in [4.78, 5) is 41.7. The van der Waals surface area contributed by atoms with E-state index in [0.29, 0.717) is 5.91 Å². The highest BCUT2D eigenvalue weighted by Crippen LogP contribution is 2.33. The number of H-pyrrole nitrogens is 1. The highest BCUT2D eigenvalue weighted by Gasteiger charge is 2.37. The second-order valence-corrected chi connectivity index (χ2v) is 8.49. The molecule has 2 saturated heterocycles. The van der Waals surface area contributed by atoms with Crippen LogP contribution in [0.3, 0.4) is 0 Å². The van der Waals surface area contributed by atoms with Crippen LogP contribution in [0.2, 0.25) is 0 Å². The summed E-state index contributed by atoms with van der Waals surface area (Å²) in [6, 6.07) is 3.89. The van der Waals surface area contributed by atoms with E-state index in [1.165, 1.54) is 0 Å². The van der Waals surface area contributed by atoms with Gasteiger partial charge in [-0.1, -0.05) is 0 Å². The molecule has 28 heavy (non-hydrogen) atoms. The molecule has 7 heteroatoms. The second-order valence-electron chi connectivity index (χ2n) is 8.49. The van der Waals surface area contributed by atoms with Gasteiger partial charge in [-0.2, -0.15) is 0 Å². The van der Waals surface area contributed by atoms with Crippen molar-refractivity contribution in [3.8, 4) is 0 Å². The molecule has 1 saturated carbocycles. The van der Waals surface area contributed by atoms with Crippen molar-refractivity contribution in [1.29, 1.82) is 0 Å². The number of amides is 2. The smallest absolute Gasteiger partial charge is 0.225 e. The van der Waals surface area contributed by atoms with Crippen LogP contribution in [0.15, 0.2) is 18.3 Å². The average molecular weight is 381 g/mol. The molecule has 2 aromatic heterocycles. The Morgan fingerprint density at radius 1 is 0.964 bits per heavy atom. The highest BCUT2D eigenvalue weighted by atomic mass is 16.2. The van der Waals surface area contributed by atoms with Gasteiger partial charge in [0.15, 0.2) is 5.65 Å². The Hall–Kier alpha value is -2.44. The summed E-state index contributed by atoms with van der Waals surface area (Å²) in [7, 11) is 0. The van der Waals surface area contributed by atoms with Crippen molar-refractivity contribution in [2.45, 2.75) is 44.4 Å². The van der Waals surface area contributed by atoms with Crippen LogP contribution in [0.25, 0.3) is 11.2 Å². The van der Waals surface area contributed by atoms with E-state index in [2.05, 4.69) is 15.0 Å². The van der Waals surface area contributed by atoms with E-state index < -0.39 is 0 Å². The van der Waals surface area contributed by atoms with Crippen LogP contribution < -0.4 is 0 Å². The van der Waals surface area contributed by atoms with Gasteiger partial charge in [0.1, 0.15) is 5.82 Å². The van der Waals surface area contributed by atoms with Gasteiger partial charge in [0.05, 0.1) is 5.52 Å². The average Bonchev–Trinajstić information content (AvgIpc) is 3.51. The summed E-state index contributed by atoms with van der Waals surface area (Å²) in [5.74, 6) is 2.08.